The molecular weight excluding hydrogens is 272 g/mol. The minimum Gasteiger partial charge on any atom is -0.357 e. The summed E-state index contributed by atoms with van der Waals surface area (Å²) in [5, 5.41) is 6.91. The largest absolute Gasteiger partial charge is 0.357 e. The SMILES string of the molecule is CCC(NC1=NC(C(C)(C)C)CCS1)c1cccs1. The van der Waals surface area contributed by atoms with E-state index in [1.807, 2.05) is 23.1 Å². The lowest BCUT2D eigenvalue weighted by molar-refractivity contribution is 0.315. The first-order chi connectivity index (χ1) is 9.00. The summed E-state index contributed by atoms with van der Waals surface area (Å²) in [5.74, 6) is 1.18. The first-order valence-corrected chi connectivity index (χ1v) is 8.87. The molecule has 0 spiro atoms. The van der Waals surface area contributed by atoms with Crippen LogP contribution in [0, 0.1) is 5.41 Å². The van der Waals surface area contributed by atoms with E-state index in [-0.39, 0.29) is 5.41 Å². The van der Waals surface area contributed by atoms with Gasteiger partial charge in [0, 0.05) is 10.6 Å². The summed E-state index contributed by atoms with van der Waals surface area (Å²) in [6, 6.07) is 5.18. The summed E-state index contributed by atoms with van der Waals surface area (Å²) < 4.78 is 0. The number of thioether (sulfide) groups is 1. The van der Waals surface area contributed by atoms with Gasteiger partial charge in [-0.2, -0.15) is 0 Å². The second-order valence-corrected chi connectivity index (χ2v) is 8.14. The lowest BCUT2D eigenvalue weighted by atomic mass is 9.85. The molecule has 2 atom stereocenters. The molecule has 2 heterocycles. The molecule has 2 rings (SSSR count). The molecule has 19 heavy (non-hydrogen) atoms. The molecule has 4 heteroatoms. The van der Waals surface area contributed by atoms with Gasteiger partial charge in [0.15, 0.2) is 5.17 Å². The monoisotopic (exact) mass is 296 g/mol. The Morgan fingerprint density at radius 1 is 1.47 bits per heavy atom. The third kappa shape index (κ3) is 3.99. The summed E-state index contributed by atoms with van der Waals surface area (Å²) in [7, 11) is 0. The lowest BCUT2D eigenvalue weighted by Crippen LogP contribution is -2.34. The van der Waals surface area contributed by atoms with Crippen LogP contribution in [-0.2, 0) is 0 Å². The first kappa shape index (κ1) is 14.9. The quantitative estimate of drug-likeness (QED) is 0.874. The van der Waals surface area contributed by atoms with Crippen molar-refractivity contribution >= 4 is 28.3 Å². The Kier molecular flexibility index (Phi) is 4.96. The predicted octanol–water partition coefficient (Wildman–Crippen LogP) is 4.70. The predicted molar refractivity (Wildman–Crippen MR) is 88.2 cm³/mol. The van der Waals surface area contributed by atoms with Crippen LogP contribution in [0.3, 0.4) is 0 Å². The van der Waals surface area contributed by atoms with E-state index >= 15 is 0 Å². The summed E-state index contributed by atoms with van der Waals surface area (Å²) >= 11 is 3.69. The van der Waals surface area contributed by atoms with Crippen molar-refractivity contribution in [2.45, 2.75) is 52.6 Å². The van der Waals surface area contributed by atoms with Crippen molar-refractivity contribution in [2.24, 2.45) is 10.4 Å². The van der Waals surface area contributed by atoms with Crippen LogP contribution in [0.4, 0.5) is 0 Å². The maximum Gasteiger partial charge on any atom is 0.157 e. The highest BCUT2D eigenvalue weighted by molar-refractivity contribution is 8.13. The fourth-order valence-corrected chi connectivity index (χ4v) is 4.05. The van der Waals surface area contributed by atoms with E-state index in [0.717, 1.165) is 11.6 Å². The number of nitrogens with one attached hydrogen (secondary N) is 1. The van der Waals surface area contributed by atoms with Gasteiger partial charge in [0.1, 0.15) is 0 Å². The zero-order valence-corrected chi connectivity index (χ0v) is 13.9. The molecular formula is C15H24N2S2. The van der Waals surface area contributed by atoms with Crippen molar-refractivity contribution in [3.8, 4) is 0 Å². The second-order valence-electron chi connectivity index (χ2n) is 6.07. The van der Waals surface area contributed by atoms with Gasteiger partial charge in [0.2, 0.25) is 0 Å². The van der Waals surface area contributed by atoms with Crippen LogP contribution in [0.1, 0.15) is 51.5 Å². The van der Waals surface area contributed by atoms with Crippen LogP contribution in [0.2, 0.25) is 0 Å². The highest BCUT2D eigenvalue weighted by Gasteiger charge is 2.28. The Bertz CT molecular complexity index is 418. The summed E-state index contributed by atoms with van der Waals surface area (Å²) in [6.45, 7) is 9.08. The highest BCUT2D eigenvalue weighted by atomic mass is 32.2. The van der Waals surface area contributed by atoms with Crippen LogP contribution in [0.5, 0.6) is 0 Å². The lowest BCUT2D eigenvalue weighted by Gasteiger charge is -2.32. The third-order valence-corrected chi connectivity index (χ3v) is 5.42. The molecule has 2 nitrogen and oxygen atoms in total. The van der Waals surface area contributed by atoms with E-state index in [1.165, 1.54) is 17.1 Å². The van der Waals surface area contributed by atoms with Gasteiger partial charge < -0.3 is 5.32 Å². The first-order valence-electron chi connectivity index (χ1n) is 7.01. The van der Waals surface area contributed by atoms with Gasteiger partial charge in [-0.05, 0) is 29.7 Å². The van der Waals surface area contributed by atoms with Crippen molar-refractivity contribution in [1.82, 2.24) is 5.32 Å². The van der Waals surface area contributed by atoms with Gasteiger partial charge in [-0.25, -0.2) is 0 Å². The zero-order valence-electron chi connectivity index (χ0n) is 12.3. The number of rotatable bonds is 3. The van der Waals surface area contributed by atoms with Gasteiger partial charge in [-0.15, -0.1) is 11.3 Å². The Morgan fingerprint density at radius 3 is 2.84 bits per heavy atom. The molecule has 0 bridgehead atoms. The van der Waals surface area contributed by atoms with Crippen molar-refractivity contribution in [3.63, 3.8) is 0 Å². The van der Waals surface area contributed by atoms with E-state index in [4.69, 9.17) is 4.99 Å². The van der Waals surface area contributed by atoms with Crippen molar-refractivity contribution in [3.05, 3.63) is 22.4 Å². The maximum atomic E-state index is 4.92. The van der Waals surface area contributed by atoms with E-state index in [1.54, 1.807) is 0 Å². The summed E-state index contributed by atoms with van der Waals surface area (Å²) in [4.78, 5) is 6.33. The highest BCUT2D eigenvalue weighted by Crippen LogP contribution is 2.31. The molecule has 0 saturated carbocycles. The normalized spacial score (nSPS) is 21.9. The van der Waals surface area contributed by atoms with Crippen LogP contribution in [0.25, 0.3) is 0 Å². The minimum atomic E-state index is 0.262. The zero-order chi connectivity index (χ0) is 13.9. The molecule has 0 fully saturated rings. The smallest absolute Gasteiger partial charge is 0.157 e. The van der Waals surface area contributed by atoms with Crippen LogP contribution in [0.15, 0.2) is 22.5 Å². The minimum absolute atomic E-state index is 0.262. The number of thiophene rings is 1. The fourth-order valence-electron chi connectivity index (χ4n) is 2.23. The number of hydrogen-bond acceptors (Lipinski definition) is 4. The van der Waals surface area contributed by atoms with Gasteiger partial charge in [-0.1, -0.05) is 45.5 Å². The molecule has 0 radical (unpaired) electrons. The van der Waals surface area contributed by atoms with E-state index in [0.29, 0.717) is 12.1 Å². The number of hydrogen-bond donors (Lipinski definition) is 1. The fraction of sp³-hybridized carbons (Fsp3) is 0.667. The van der Waals surface area contributed by atoms with Crippen molar-refractivity contribution < 1.29 is 0 Å². The van der Waals surface area contributed by atoms with Crippen molar-refractivity contribution in [2.75, 3.05) is 5.75 Å². The van der Waals surface area contributed by atoms with Gasteiger partial charge >= 0.3 is 0 Å². The Hall–Kier alpha value is -0.480. The Labute approximate surface area is 125 Å². The van der Waals surface area contributed by atoms with Crippen LogP contribution in [-0.4, -0.2) is 17.0 Å². The molecule has 1 aliphatic heterocycles. The van der Waals surface area contributed by atoms with Gasteiger partial charge in [0.05, 0.1) is 12.1 Å². The molecule has 106 valence electrons. The Morgan fingerprint density at radius 2 is 2.26 bits per heavy atom. The molecule has 0 amide bonds. The molecule has 0 aliphatic carbocycles. The van der Waals surface area contributed by atoms with Crippen molar-refractivity contribution in [1.29, 1.82) is 0 Å². The summed E-state index contributed by atoms with van der Waals surface area (Å²) in [6.07, 6.45) is 2.29. The van der Waals surface area contributed by atoms with E-state index in [2.05, 4.69) is 50.5 Å². The number of nitrogens with zero attached hydrogens (tertiary/aromatic N) is 1. The maximum absolute atomic E-state index is 4.92. The molecule has 1 aliphatic rings. The second kappa shape index (κ2) is 6.31. The molecule has 1 aromatic rings. The average molecular weight is 297 g/mol. The molecule has 0 aromatic carbocycles. The average Bonchev–Trinajstić information content (AvgIpc) is 2.89. The van der Waals surface area contributed by atoms with E-state index in [9.17, 15) is 0 Å². The number of aliphatic imine (C=N–C) groups is 1. The van der Waals surface area contributed by atoms with Gasteiger partial charge in [-0.3, -0.25) is 4.99 Å². The third-order valence-electron chi connectivity index (χ3n) is 3.50. The Balaban J connectivity index is 2.07. The van der Waals surface area contributed by atoms with Gasteiger partial charge in [0.25, 0.3) is 0 Å². The molecule has 0 saturated heterocycles. The molecule has 2 unspecified atom stereocenters. The van der Waals surface area contributed by atoms with E-state index < -0.39 is 0 Å². The molecule has 1 N–H and O–H groups in total. The van der Waals surface area contributed by atoms with Crippen LogP contribution < -0.4 is 5.32 Å². The molecule has 1 aromatic heterocycles. The topological polar surface area (TPSA) is 24.4 Å². The van der Waals surface area contributed by atoms with Crippen LogP contribution >= 0.6 is 23.1 Å². The summed E-state index contributed by atoms with van der Waals surface area (Å²) in [5.41, 5.74) is 0.262. The number of amidine groups is 1. The standard InChI is InChI=1S/C15H24N2S2/c1-5-11(12-7-6-9-18-12)16-14-17-13(8-10-19-14)15(2,3)4/h6-7,9,11,13H,5,8,10H2,1-4H3,(H,16,17).